The number of fused-ring (bicyclic) bond motifs is 1. The first-order valence-electron chi connectivity index (χ1n) is 15.1. The molecule has 1 fully saturated rings. The Kier molecular flexibility index (Phi) is 11.2. The number of ether oxygens (including phenoxy) is 2. The van der Waals surface area contributed by atoms with E-state index in [2.05, 4.69) is 10.6 Å². The number of nitrogens with one attached hydrogen (secondary N) is 2. The molecule has 0 aromatic heterocycles. The maximum Gasteiger partial charge on any atom is 0.255 e. The molecule has 2 aromatic carbocycles. The lowest BCUT2D eigenvalue weighted by atomic mass is 10.0. The molecule has 1 saturated heterocycles. The van der Waals surface area contributed by atoms with Crippen molar-refractivity contribution in [2.75, 3.05) is 33.9 Å². The molecule has 4 amide bonds. The molecule has 10 nitrogen and oxygen atoms in total. The fourth-order valence-electron chi connectivity index (χ4n) is 5.69. The first kappa shape index (κ1) is 32.0. The van der Waals surface area contributed by atoms with Gasteiger partial charge in [0, 0.05) is 33.5 Å². The summed E-state index contributed by atoms with van der Waals surface area (Å²) >= 11 is 0. The Morgan fingerprint density at radius 1 is 1.02 bits per heavy atom. The summed E-state index contributed by atoms with van der Waals surface area (Å²) in [6.45, 7) is 5.04. The van der Waals surface area contributed by atoms with Crippen molar-refractivity contribution in [3.8, 4) is 5.75 Å². The summed E-state index contributed by atoms with van der Waals surface area (Å²) in [6, 6.07) is 14.2. The predicted molar refractivity (Wildman–Crippen MR) is 163 cm³/mol. The largest absolute Gasteiger partial charge is 0.491 e. The molecule has 0 spiro atoms. The monoisotopic (exact) mass is 592 g/mol. The van der Waals surface area contributed by atoms with Crippen LogP contribution in [0.5, 0.6) is 5.75 Å². The van der Waals surface area contributed by atoms with Gasteiger partial charge in [-0.1, -0.05) is 56.3 Å². The summed E-state index contributed by atoms with van der Waals surface area (Å²) in [4.78, 5) is 58.0. The molecule has 4 rings (SSSR count). The number of methoxy groups -OCH3 is 1. The van der Waals surface area contributed by atoms with Crippen LogP contribution in [0.25, 0.3) is 0 Å². The second-order valence-corrected chi connectivity index (χ2v) is 11.7. The molecule has 2 aromatic rings. The number of para-hydroxylation sites is 1. The van der Waals surface area contributed by atoms with E-state index in [1.165, 1.54) is 4.90 Å². The van der Waals surface area contributed by atoms with Crippen LogP contribution in [0.1, 0.15) is 55.5 Å². The lowest BCUT2D eigenvalue weighted by Crippen LogP contribution is -2.54. The molecule has 2 aliphatic rings. The number of nitrogens with zero attached hydrogens (tertiary/aromatic N) is 2. The molecular weight excluding hydrogens is 548 g/mol. The molecule has 232 valence electrons. The van der Waals surface area contributed by atoms with Crippen LogP contribution in [0.2, 0.25) is 0 Å². The highest BCUT2D eigenvalue weighted by Gasteiger charge is 2.36. The van der Waals surface area contributed by atoms with Gasteiger partial charge in [0.1, 0.15) is 24.4 Å². The number of carbonyl (C=O) groups is 4. The number of hydrogen-bond acceptors (Lipinski definition) is 6. The Morgan fingerprint density at radius 3 is 2.47 bits per heavy atom. The zero-order chi connectivity index (χ0) is 30.9. The minimum Gasteiger partial charge on any atom is -0.491 e. The Morgan fingerprint density at radius 2 is 1.74 bits per heavy atom. The number of carbonyl (C=O) groups excluding carboxylic acids is 4. The van der Waals surface area contributed by atoms with Crippen molar-refractivity contribution in [1.82, 2.24) is 20.4 Å². The minimum absolute atomic E-state index is 0.0153. The lowest BCUT2D eigenvalue weighted by Gasteiger charge is -2.31. The Balaban J connectivity index is 1.68. The fraction of sp³-hybridized carbons (Fsp3) is 0.515. The molecule has 4 atom stereocenters. The minimum atomic E-state index is -0.940. The molecule has 0 saturated carbocycles. The summed E-state index contributed by atoms with van der Waals surface area (Å²) in [7, 11) is 3.22. The second-order valence-electron chi connectivity index (χ2n) is 11.7. The smallest absolute Gasteiger partial charge is 0.255 e. The van der Waals surface area contributed by atoms with Crippen molar-refractivity contribution in [2.24, 2.45) is 5.92 Å². The summed E-state index contributed by atoms with van der Waals surface area (Å²) < 4.78 is 11.5. The van der Waals surface area contributed by atoms with E-state index in [4.69, 9.17) is 9.47 Å². The maximum absolute atomic E-state index is 13.8. The van der Waals surface area contributed by atoms with E-state index in [1.807, 2.05) is 44.2 Å². The third-order valence-corrected chi connectivity index (χ3v) is 8.39. The van der Waals surface area contributed by atoms with Crippen molar-refractivity contribution >= 4 is 23.6 Å². The normalized spacial score (nSPS) is 24.0. The van der Waals surface area contributed by atoms with Gasteiger partial charge in [-0.15, -0.1) is 0 Å². The van der Waals surface area contributed by atoms with E-state index < -0.39 is 18.0 Å². The summed E-state index contributed by atoms with van der Waals surface area (Å²) in [6.07, 6.45) is 2.04. The van der Waals surface area contributed by atoms with E-state index in [9.17, 15) is 19.2 Å². The van der Waals surface area contributed by atoms with Gasteiger partial charge in [0.15, 0.2) is 0 Å². The summed E-state index contributed by atoms with van der Waals surface area (Å²) in [5, 5.41) is 6.01. The number of hydrogen-bond donors (Lipinski definition) is 2. The first-order valence-corrected chi connectivity index (χ1v) is 15.1. The standard InChI is InChI=1S/C33H44N4O6/c1-22(2)27-21-43-29-15-9-8-14-25(29)31(39)34-26(33(41)37-18-10-13-24(37)20-42-4)16-17-30(38)36(3)28(32(40)35-27)19-23-11-6-5-7-12-23/h5-9,11-12,14-15,22,24,26-28H,10,13,16-21H2,1-4H3,(H,34,39)(H,35,40)/t24-,26-,27-,28-/m0/s1. The van der Waals surface area contributed by atoms with Crippen LogP contribution in [0.4, 0.5) is 0 Å². The average molecular weight is 593 g/mol. The number of likely N-dealkylation sites (tertiary alicyclic amines) is 1. The van der Waals surface area contributed by atoms with Crippen LogP contribution in [-0.2, 0) is 25.5 Å². The number of benzene rings is 2. The first-order chi connectivity index (χ1) is 20.7. The van der Waals surface area contributed by atoms with Crippen molar-refractivity contribution in [2.45, 2.75) is 70.1 Å². The zero-order valence-electron chi connectivity index (χ0n) is 25.6. The van der Waals surface area contributed by atoms with Crippen molar-refractivity contribution < 1.29 is 28.7 Å². The Hall–Kier alpha value is -3.92. The quantitative estimate of drug-likeness (QED) is 0.533. The van der Waals surface area contributed by atoms with Crippen LogP contribution in [0.15, 0.2) is 54.6 Å². The molecule has 2 heterocycles. The Labute approximate surface area is 254 Å². The number of likely N-dealkylation sites (N-methyl/N-ethyl adjacent to an activating group) is 1. The lowest BCUT2D eigenvalue weighted by molar-refractivity contribution is -0.140. The highest BCUT2D eigenvalue weighted by molar-refractivity contribution is 6.00. The van der Waals surface area contributed by atoms with E-state index in [1.54, 1.807) is 43.3 Å². The summed E-state index contributed by atoms with van der Waals surface area (Å²) in [5.74, 6) is -0.907. The van der Waals surface area contributed by atoms with Gasteiger partial charge in [0.05, 0.1) is 24.3 Å². The third kappa shape index (κ3) is 8.13. The molecule has 2 aliphatic heterocycles. The molecular formula is C33H44N4O6. The number of amides is 4. The fourth-order valence-corrected chi connectivity index (χ4v) is 5.69. The van der Waals surface area contributed by atoms with Gasteiger partial charge in [0.2, 0.25) is 17.7 Å². The molecule has 0 radical (unpaired) electrons. The summed E-state index contributed by atoms with van der Waals surface area (Å²) in [5.41, 5.74) is 1.20. The van der Waals surface area contributed by atoms with E-state index >= 15 is 0 Å². The molecule has 0 unspecified atom stereocenters. The topological polar surface area (TPSA) is 117 Å². The number of rotatable bonds is 6. The molecule has 43 heavy (non-hydrogen) atoms. The van der Waals surface area contributed by atoms with Gasteiger partial charge in [-0.2, -0.15) is 0 Å². The zero-order valence-corrected chi connectivity index (χ0v) is 25.6. The molecule has 0 bridgehead atoms. The van der Waals surface area contributed by atoms with Crippen LogP contribution in [-0.4, -0.2) is 91.5 Å². The van der Waals surface area contributed by atoms with Gasteiger partial charge < -0.3 is 29.9 Å². The van der Waals surface area contributed by atoms with Crippen LogP contribution < -0.4 is 15.4 Å². The molecule has 2 N–H and O–H groups in total. The molecule has 0 aliphatic carbocycles. The van der Waals surface area contributed by atoms with Crippen LogP contribution in [0, 0.1) is 5.92 Å². The van der Waals surface area contributed by atoms with Gasteiger partial charge in [-0.05, 0) is 42.9 Å². The van der Waals surface area contributed by atoms with Crippen LogP contribution in [0.3, 0.4) is 0 Å². The van der Waals surface area contributed by atoms with Gasteiger partial charge in [0.25, 0.3) is 5.91 Å². The van der Waals surface area contributed by atoms with Gasteiger partial charge in [-0.3, -0.25) is 19.2 Å². The van der Waals surface area contributed by atoms with Crippen molar-refractivity contribution in [3.63, 3.8) is 0 Å². The molecule has 10 heteroatoms. The SMILES string of the molecule is COC[C@@H]1CCCN1C(=O)[C@@H]1CCC(=O)N(C)[C@@H](Cc2ccccc2)C(=O)N[C@H](C(C)C)COc2ccccc2C(=O)N1. The Bertz CT molecular complexity index is 1270. The second kappa shape index (κ2) is 15.0. The highest BCUT2D eigenvalue weighted by Crippen LogP contribution is 2.23. The van der Waals surface area contributed by atoms with Crippen molar-refractivity contribution in [3.05, 3.63) is 65.7 Å². The van der Waals surface area contributed by atoms with Gasteiger partial charge >= 0.3 is 0 Å². The predicted octanol–water partition coefficient (Wildman–Crippen LogP) is 2.81. The average Bonchev–Trinajstić information content (AvgIpc) is 3.47. The van der Waals surface area contributed by atoms with Crippen LogP contribution >= 0.6 is 0 Å². The third-order valence-electron chi connectivity index (χ3n) is 8.39. The van der Waals surface area contributed by atoms with Crippen molar-refractivity contribution in [1.29, 1.82) is 0 Å². The maximum atomic E-state index is 13.8. The van der Waals surface area contributed by atoms with Gasteiger partial charge in [-0.25, -0.2) is 0 Å². The van der Waals surface area contributed by atoms with E-state index in [0.29, 0.717) is 25.3 Å². The van der Waals surface area contributed by atoms with E-state index in [-0.39, 0.29) is 60.7 Å². The van der Waals surface area contributed by atoms with E-state index in [0.717, 1.165) is 18.4 Å². The highest BCUT2D eigenvalue weighted by atomic mass is 16.5.